The van der Waals surface area contributed by atoms with Gasteiger partial charge in [0.2, 0.25) is 5.91 Å². The van der Waals surface area contributed by atoms with Crippen LogP contribution < -0.4 is 15.8 Å². The average Bonchev–Trinajstić information content (AvgIpc) is 3.10. The molecule has 3 rings (SSSR count). The zero-order valence-corrected chi connectivity index (χ0v) is 18.2. The van der Waals surface area contributed by atoms with E-state index in [1.165, 1.54) is 6.20 Å². The summed E-state index contributed by atoms with van der Waals surface area (Å²) in [4.78, 5) is 24.1. The molecule has 1 amide bonds. The number of nitrogens with one attached hydrogen (secondary N) is 2. The molecule has 172 valence electrons. The number of rotatable bonds is 8. The standard InChI is InChI=1S/C22H26F3N5O2/c1-12(2)22(20(26)31,30-11-21(23,24)25)15-5-14(7-27-8-15)18-10-29-19-17(18)6-16(9-28-19)32-13(3)4/h5-10,12-13,30H,11H2,1-4H3,(H2,26,31)(H,28,29)/t22-/m0/s1. The lowest BCUT2D eigenvalue weighted by atomic mass is 9.79. The van der Waals surface area contributed by atoms with Gasteiger partial charge in [-0.05, 0) is 31.9 Å². The normalized spacial score (nSPS) is 14.2. The van der Waals surface area contributed by atoms with Crippen LogP contribution in [0.25, 0.3) is 22.2 Å². The van der Waals surface area contributed by atoms with Crippen LogP contribution in [0.4, 0.5) is 13.2 Å². The number of alkyl halides is 3. The molecule has 32 heavy (non-hydrogen) atoms. The molecule has 0 unspecified atom stereocenters. The highest BCUT2D eigenvalue weighted by molar-refractivity contribution is 5.94. The molecular weight excluding hydrogens is 423 g/mol. The molecule has 3 aromatic rings. The van der Waals surface area contributed by atoms with E-state index in [9.17, 15) is 18.0 Å². The quantitative estimate of drug-likeness (QED) is 0.484. The van der Waals surface area contributed by atoms with E-state index in [1.807, 2.05) is 19.9 Å². The molecule has 0 aliphatic heterocycles. The molecule has 7 nitrogen and oxygen atoms in total. The molecule has 10 heteroatoms. The minimum atomic E-state index is -4.52. The topological polar surface area (TPSA) is 106 Å². The van der Waals surface area contributed by atoms with Crippen LogP contribution in [-0.2, 0) is 10.3 Å². The highest BCUT2D eigenvalue weighted by Gasteiger charge is 2.44. The molecule has 1 atom stereocenters. The molecular formula is C22H26F3N5O2. The fourth-order valence-corrected chi connectivity index (χ4v) is 3.76. The van der Waals surface area contributed by atoms with Gasteiger partial charge in [-0.15, -0.1) is 0 Å². The number of nitrogens with two attached hydrogens (primary N) is 1. The van der Waals surface area contributed by atoms with Crippen LogP contribution in [0, 0.1) is 5.92 Å². The zero-order chi connectivity index (χ0) is 23.7. The second-order valence-corrected chi connectivity index (χ2v) is 8.19. The number of pyridine rings is 2. The monoisotopic (exact) mass is 449 g/mol. The van der Waals surface area contributed by atoms with Gasteiger partial charge in [-0.25, -0.2) is 4.98 Å². The number of nitrogens with zero attached hydrogens (tertiary/aromatic N) is 2. The lowest BCUT2D eigenvalue weighted by Gasteiger charge is -2.36. The number of hydrogen-bond donors (Lipinski definition) is 3. The van der Waals surface area contributed by atoms with E-state index in [0.29, 0.717) is 22.5 Å². The number of ether oxygens (including phenoxy) is 1. The summed E-state index contributed by atoms with van der Waals surface area (Å²) in [6.07, 6.45) is 1.70. The third kappa shape index (κ3) is 4.69. The predicted octanol–water partition coefficient (Wildman–Crippen LogP) is 3.90. The summed E-state index contributed by atoms with van der Waals surface area (Å²) < 4.78 is 44.7. The van der Waals surface area contributed by atoms with Crippen molar-refractivity contribution in [2.45, 2.75) is 45.5 Å². The lowest BCUT2D eigenvalue weighted by Crippen LogP contribution is -2.58. The van der Waals surface area contributed by atoms with Crippen molar-refractivity contribution in [2.24, 2.45) is 11.7 Å². The first-order valence-electron chi connectivity index (χ1n) is 10.2. The van der Waals surface area contributed by atoms with Crippen molar-refractivity contribution in [3.63, 3.8) is 0 Å². The van der Waals surface area contributed by atoms with E-state index in [-0.39, 0.29) is 11.7 Å². The Labute approximate surface area is 183 Å². The van der Waals surface area contributed by atoms with Gasteiger partial charge in [0.1, 0.15) is 16.9 Å². The number of aromatic amines is 1. The summed E-state index contributed by atoms with van der Waals surface area (Å²) in [5.74, 6) is -0.906. The molecule has 0 spiro atoms. The van der Waals surface area contributed by atoms with E-state index in [4.69, 9.17) is 10.5 Å². The maximum absolute atomic E-state index is 13.0. The highest BCUT2D eigenvalue weighted by atomic mass is 19.4. The third-order valence-corrected chi connectivity index (χ3v) is 5.20. The van der Waals surface area contributed by atoms with Gasteiger partial charge in [0.15, 0.2) is 0 Å². The number of carbonyl (C=O) groups excluding carboxylic acids is 1. The summed E-state index contributed by atoms with van der Waals surface area (Å²) in [6.45, 7) is 5.70. The molecule has 3 aromatic heterocycles. The number of halogens is 3. The molecule has 3 heterocycles. The third-order valence-electron chi connectivity index (χ3n) is 5.20. The molecule has 0 saturated heterocycles. The van der Waals surface area contributed by atoms with Crippen molar-refractivity contribution in [3.05, 3.63) is 42.5 Å². The molecule has 0 aromatic carbocycles. The van der Waals surface area contributed by atoms with Crippen LogP contribution in [0.2, 0.25) is 0 Å². The van der Waals surface area contributed by atoms with Crippen LogP contribution in [0.3, 0.4) is 0 Å². The van der Waals surface area contributed by atoms with Gasteiger partial charge in [0, 0.05) is 40.7 Å². The Hall–Kier alpha value is -3.14. The maximum atomic E-state index is 13.0. The van der Waals surface area contributed by atoms with Crippen molar-refractivity contribution in [2.75, 3.05) is 6.54 Å². The number of fused-ring (bicyclic) bond motifs is 1. The summed E-state index contributed by atoms with van der Waals surface area (Å²) in [6, 6.07) is 3.45. The Morgan fingerprint density at radius 2 is 1.91 bits per heavy atom. The first-order valence-corrected chi connectivity index (χ1v) is 10.2. The van der Waals surface area contributed by atoms with Crippen LogP contribution in [0.1, 0.15) is 33.3 Å². The van der Waals surface area contributed by atoms with Crippen molar-refractivity contribution >= 4 is 16.9 Å². The smallest absolute Gasteiger partial charge is 0.401 e. The lowest BCUT2D eigenvalue weighted by molar-refractivity contribution is -0.139. The molecule has 0 aliphatic rings. The Bertz CT molecular complexity index is 1110. The zero-order valence-electron chi connectivity index (χ0n) is 18.2. The van der Waals surface area contributed by atoms with Gasteiger partial charge >= 0.3 is 6.18 Å². The second-order valence-electron chi connectivity index (χ2n) is 8.19. The number of H-pyrrole nitrogens is 1. The summed E-state index contributed by atoms with van der Waals surface area (Å²) in [5, 5.41) is 3.10. The minimum Gasteiger partial charge on any atom is -0.489 e. The number of primary amides is 1. The van der Waals surface area contributed by atoms with Gasteiger partial charge in [0.25, 0.3) is 0 Å². The summed E-state index contributed by atoms with van der Waals surface area (Å²) >= 11 is 0. The Kier molecular flexibility index (Phi) is 6.45. The van der Waals surface area contributed by atoms with Crippen molar-refractivity contribution < 1.29 is 22.7 Å². The molecule has 0 aliphatic carbocycles. The predicted molar refractivity (Wildman–Crippen MR) is 115 cm³/mol. The summed E-state index contributed by atoms with van der Waals surface area (Å²) in [7, 11) is 0. The Morgan fingerprint density at radius 3 is 2.50 bits per heavy atom. The largest absolute Gasteiger partial charge is 0.489 e. The molecule has 0 saturated carbocycles. The van der Waals surface area contributed by atoms with Crippen molar-refractivity contribution in [1.82, 2.24) is 20.3 Å². The molecule has 4 N–H and O–H groups in total. The SMILES string of the molecule is CC(C)Oc1cnc2[nH]cc(-c3cncc([C@](NCC(F)(F)F)(C(N)=O)C(C)C)c3)c2c1. The number of aromatic nitrogens is 3. The van der Waals surface area contributed by atoms with E-state index >= 15 is 0 Å². The van der Waals surface area contributed by atoms with Crippen molar-refractivity contribution in [1.29, 1.82) is 0 Å². The second kappa shape index (κ2) is 8.78. The van der Waals surface area contributed by atoms with Crippen LogP contribution in [0.15, 0.2) is 36.9 Å². The first kappa shape index (κ1) is 23.5. The van der Waals surface area contributed by atoms with Crippen LogP contribution >= 0.6 is 0 Å². The fraction of sp³-hybridized carbons (Fsp3) is 0.409. The Morgan fingerprint density at radius 1 is 1.19 bits per heavy atom. The Balaban J connectivity index is 2.10. The summed E-state index contributed by atoms with van der Waals surface area (Å²) in [5.41, 5.74) is 6.05. The van der Waals surface area contributed by atoms with E-state index in [2.05, 4.69) is 20.3 Å². The average molecular weight is 449 g/mol. The minimum absolute atomic E-state index is 0.0384. The van der Waals surface area contributed by atoms with E-state index in [0.717, 1.165) is 5.39 Å². The number of hydrogen-bond acceptors (Lipinski definition) is 5. The van der Waals surface area contributed by atoms with Crippen LogP contribution in [0.5, 0.6) is 5.75 Å². The van der Waals surface area contributed by atoms with E-state index < -0.39 is 30.1 Å². The highest BCUT2D eigenvalue weighted by Crippen LogP contribution is 2.35. The maximum Gasteiger partial charge on any atom is 0.401 e. The van der Waals surface area contributed by atoms with Gasteiger partial charge in [-0.3, -0.25) is 15.1 Å². The van der Waals surface area contributed by atoms with Gasteiger partial charge in [0.05, 0.1) is 18.8 Å². The number of amides is 1. The van der Waals surface area contributed by atoms with Crippen LogP contribution in [-0.4, -0.2) is 39.7 Å². The van der Waals surface area contributed by atoms with Gasteiger partial charge in [-0.2, -0.15) is 13.2 Å². The fourth-order valence-electron chi connectivity index (χ4n) is 3.76. The molecule has 0 bridgehead atoms. The van der Waals surface area contributed by atoms with Crippen molar-refractivity contribution in [3.8, 4) is 16.9 Å². The number of carbonyl (C=O) groups is 1. The van der Waals surface area contributed by atoms with Gasteiger partial charge in [-0.1, -0.05) is 13.8 Å². The van der Waals surface area contributed by atoms with Gasteiger partial charge < -0.3 is 15.5 Å². The van der Waals surface area contributed by atoms with E-state index in [1.54, 1.807) is 38.5 Å². The first-order chi connectivity index (χ1) is 14.9. The molecule has 0 radical (unpaired) electrons. The molecule has 0 fully saturated rings.